The summed E-state index contributed by atoms with van der Waals surface area (Å²) in [6, 6.07) is 26.1. The Labute approximate surface area is 157 Å². The molecule has 0 fully saturated rings. The van der Waals surface area contributed by atoms with E-state index in [9.17, 15) is 9.59 Å². The molecule has 0 heterocycles. The Morgan fingerprint density at radius 1 is 0.778 bits per heavy atom. The number of ketones is 2. The zero-order valence-electron chi connectivity index (χ0n) is 14.6. The number of hydrazone groups is 1. The Bertz CT molecular complexity index is 987. The van der Waals surface area contributed by atoms with Crippen molar-refractivity contribution < 1.29 is 9.59 Å². The summed E-state index contributed by atoms with van der Waals surface area (Å²) in [6.45, 7) is 0. The highest BCUT2D eigenvalue weighted by Crippen LogP contribution is 2.35. The number of nitrogens with two attached hydrogens (primary N) is 1. The molecular weight excluding hydrogens is 336 g/mol. The summed E-state index contributed by atoms with van der Waals surface area (Å²) in [6.07, 6.45) is 0. The number of rotatable bonds is 4. The predicted octanol–water partition coefficient (Wildman–Crippen LogP) is 3.56. The summed E-state index contributed by atoms with van der Waals surface area (Å²) >= 11 is 0. The van der Waals surface area contributed by atoms with Gasteiger partial charge in [-0.25, -0.2) is 0 Å². The van der Waals surface area contributed by atoms with E-state index in [0.29, 0.717) is 16.8 Å². The fourth-order valence-corrected chi connectivity index (χ4v) is 3.74. The standard InChI is InChI=1S/C23H18N2O2/c24-25-21-17-13-7-8-14-18(17)22(26)20(21)23(27)19(15-9-3-1-4-10-15)16-11-5-2-6-12-16/h1-14,19-20H,24H2/b25-21+/t20-/m0/s1. The fraction of sp³-hybridized carbons (Fsp3) is 0.0870. The number of hydrogen-bond donors (Lipinski definition) is 1. The second kappa shape index (κ2) is 7.00. The van der Waals surface area contributed by atoms with Crippen molar-refractivity contribution in [1.29, 1.82) is 0 Å². The third-order valence-electron chi connectivity index (χ3n) is 4.98. The third-order valence-corrected chi connectivity index (χ3v) is 4.98. The molecule has 1 aliphatic carbocycles. The molecule has 0 unspecified atom stereocenters. The quantitative estimate of drug-likeness (QED) is 0.442. The van der Waals surface area contributed by atoms with Crippen LogP contribution in [0.25, 0.3) is 0 Å². The zero-order chi connectivity index (χ0) is 18.8. The lowest BCUT2D eigenvalue weighted by atomic mass is 9.80. The summed E-state index contributed by atoms with van der Waals surface area (Å²) in [5, 5.41) is 3.83. The van der Waals surface area contributed by atoms with Crippen LogP contribution in [0.5, 0.6) is 0 Å². The van der Waals surface area contributed by atoms with Gasteiger partial charge in [0.05, 0.1) is 11.6 Å². The summed E-state index contributed by atoms with van der Waals surface area (Å²) in [5.41, 5.74) is 3.17. The van der Waals surface area contributed by atoms with Crippen LogP contribution in [0, 0.1) is 5.92 Å². The molecule has 132 valence electrons. The van der Waals surface area contributed by atoms with Crippen molar-refractivity contribution >= 4 is 17.3 Å². The molecule has 4 rings (SSSR count). The highest BCUT2D eigenvalue weighted by Gasteiger charge is 2.44. The van der Waals surface area contributed by atoms with Gasteiger partial charge in [0.25, 0.3) is 0 Å². The first-order valence-corrected chi connectivity index (χ1v) is 8.77. The molecule has 0 saturated heterocycles. The number of benzene rings is 3. The SMILES string of the molecule is N/N=C1\c2ccccc2C(=O)[C@H]1C(=O)C(c1ccccc1)c1ccccc1. The highest BCUT2D eigenvalue weighted by molar-refractivity contribution is 6.37. The van der Waals surface area contributed by atoms with Gasteiger partial charge >= 0.3 is 0 Å². The second-order valence-electron chi connectivity index (χ2n) is 6.51. The molecule has 1 atom stereocenters. The van der Waals surface area contributed by atoms with Crippen molar-refractivity contribution in [2.24, 2.45) is 16.9 Å². The summed E-state index contributed by atoms with van der Waals surface area (Å²) in [4.78, 5) is 26.7. The van der Waals surface area contributed by atoms with E-state index >= 15 is 0 Å². The molecule has 1 aliphatic rings. The molecule has 0 amide bonds. The summed E-state index contributed by atoms with van der Waals surface area (Å²) < 4.78 is 0. The minimum absolute atomic E-state index is 0.210. The lowest BCUT2D eigenvalue weighted by Gasteiger charge is -2.20. The first-order valence-electron chi connectivity index (χ1n) is 8.77. The van der Waals surface area contributed by atoms with Gasteiger partial charge in [0.2, 0.25) is 0 Å². The molecule has 4 nitrogen and oxygen atoms in total. The van der Waals surface area contributed by atoms with E-state index in [1.165, 1.54) is 0 Å². The maximum atomic E-state index is 13.6. The number of nitrogens with zero attached hydrogens (tertiary/aromatic N) is 1. The average molecular weight is 354 g/mol. The Kier molecular flexibility index (Phi) is 4.38. The molecular formula is C23H18N2O2. The monoisotopic (exact) mass is 354 g/mol. The fourth-order valence-electron chi connectivity index (χ4n) is 3.74. The minimum Gasteiger partial charge on any atom is -0.323 e. The van der Waals surface area contributed by atoms with Gasteiger partial charge in [-0.2, -0.15) is 5.10 Å². The Hall–Kier alpha value is -3.53. The van der Waals surface area contributed by atoms with E-state index in [1.54, 1.807) is 18.2 Å². The van der Waals surface area contributed by atoms with E-state index in [4.69, 9.17) is 5.84 Å². The van der Waals surface area contributed by atoms with Crippen LogP contribution in [0.1, 0.15) is 33.0 Å². The molecule has 0 spiro atoms. The average Bonchev–Trinajstić information content (AvgIpc) is 3.02. The Morgan fingerprint density at radius 3 is 1.78 bits per heavy atom. The van der Waals surface area contributed by atoms with E-state index in [1.807, 2.05) is 66.7 Å². The molecule has 0 aromatic heterocycles. The van der Waals surface area contributed by atoms with E-state index in [-0.39, 0.29) is 11.6 Å². The highest BCUT2D eigenvalue weighted by atomic mass is 16.2. The van der Waals surface area contributed by atoms with Crippen molar-refractivity contribution in [2.45, 2.75) is 5.92 Å². The van der Waals surface area contributed by atoms with Gasteiger partial charge in [-0.3, -0.25) is 9.59 Å². The second-order valence-corrected chi connectivity index (χ2v) is 6.51. The molecule has 0 aliphatic heterocycles. The van der Waals surface area contributed by atoms with Crippen molar-refractivity contribution in [3.05, 3.63) is 107 Å². The van der Waals surface area contributed by atoms with Crippen LogP contribution >= 0.6 is 0 Å². The van der Waals surface area contributed by atoms with E-state index < -0.39 is 11.8 Å². The normalized spacial score (nSPS) is 17.3. The molecule has 3 aromatic rings. The van der Waals surface area contributed by atoms with Gasteiger partial charge in [-0.1, -0.05) is 84.9 Å². The summed E-state index contributed by atoms with van der Waals surface area (Å²) in [7, 11) is 0. The number of Topliss-reactive ketones (excluding diaryl/α,β-unsaturated/α-hetero) is 2. The summed E-state index contributed by atoms with van der Waals surface area (Å²) in [5.74, 6) is 3.60. The minimum atomic E-state index is -0.988. The smallest absolute Gasteiger partial charge is 0.180 e. The van der Waals surface area contributed by atoms with Crippen LogP contribution in [-0.2, 0) is 4.79 Å². The lowest BCUT2D eigenvalue weighted by molar-refractivity contribution is -0.120. The van der Waals surface area contributed by atoms with Crippen LogP contribution < -0.4 is 5.84 Å². The molecule has 0 bridgehead atoms. The molecule has 3 aromatic carbocycles. The maximum absolute atomic E-state index is 13.6. The van der Waals surface area contributed by atoms with Gasteiger partial charge in [0.1, 0.15) is 5.92 Å². The number of carbonyl (C=O) groups is 2. The van der Waals surface area contributed by atoms with Crippen molar-refractivity contribution in [1.82, 2.24) is 0 Å². The third kappa shape index (κ3) is 2.85. The Morgan fingerprint density at radius 2 is 1.26 bits per heavy atom. The van der Waals surface area contributed by atoms with Crippen LogP contribution in [0.4, 0.5) is 0 Å². The lowest BCUT2D eigenvalue weighted by Crippen LogP contribution is -2.32. The topological polar surface area (TPSA) is 72.5 Å². The molecule has 0 saturated carbocycles. The van der Waals surface area contributed by atoms with Crippen molar-refractivity contribution in [3.8, 4) is 0 Å². The Balaban J connectivity index is 1.83. The van der Waals surface area contributed by atoms with Crippen LogP contribution in [0.15, 0.2) is 90.0 Å². The van der Waals surface area contributed by atoms with Gasteiger partial charge in [0, 0.05) is 11.1 Å². The molecule has 27 heavy (non-hydrogen) atoms. The number of hydrogen-bond acceptors (Lipinski definition) is 4. The van der Waals surface area contributed by atoms with Gasteiger partial charge in [-0.05, 0) is 11.1 Å². The van der Waals surface area contributed by atoms with Crippen LogP contribution in [-0.4, -0.2) is 17.3 Å². The van der Waals surface area contributed by atoms with Crippen LogP contribution in [0.3, 0.4) is 0 Å². The molecule has 2 N–H and O–H groups in total. The first kappa shape index (κ1) is 16.9. The van der Waals surface area contributed by atoms with Gasteiger partial charge < -0.3 is 5.84 Å². The van der Waals surface area contributed by atoms with Crippen molar-refractivity contribution in [3.63, 3.8) is 0 Å². The largest absolute Gasteiger partial charge is 0.323 e. The van der Waals surface area contributed by atoms with E-state index in [2.05, 4.69) is 5.10 Å². The van der Waals surface area contributed by atoms with Gasteiger partial charge in [-0.15, -0.1) is 0 Å². The van der Waals surface area contributed by atoms with Crippen molar-refractivity contribution in [2.75, 3.05) is 0 Å². The number of fused-ring (bicyclic) bond motifs is 1. The molecule has 0 radical (unpaired) electrons. The van der Waals surface area contributed by atoms with Gasteiger partial charge in [0.15, 0.2) is 11.6 Å². The first-order chi connectivity index (χ1) is 13.2. The van der Waals surface area contributed by atoms with E-state index in [0.717, 1.165) is 11.1 Å². The molecule has 4 heteroatoms. The number of carbonyl (C=O) groups excluding carboxylic acids is 2. The van der Waals surface area contributed by atoms with Crippen LogP contribution in [0.2, 0.25) is 0 Å². The predicted molar refractivity (Wildman–Crippen MR) is 105 cm³/mol. The zero-order valence-corrected chi connectivity index (χ0v) is 14.6. The maximum Gasteiger partial charge on any atom is 0.180 e.